The lowest BCUT2D eigenvalue weighted by molar-refractivity contribution is -0.192. The molecular weight excluding hydrogens is 477 g/mol. The van der Waals surface area contributed by atoms with Gasteiger partial charge in [0, 0.05) is 54.9 Å². The van der Waals surface area contributed by atoms with Crippen molar-refractivity contribution in [2.24, 2.45) is 0 Å². The molecule has 1 unspecified atom stereocenters. The summed E-state index contributed by atoms with van der Waals surface area (Å²) < 4.78 is 33.6. The fourth-order valence-electron chi connectivity index (χ4n) is 3.80. The van der Waals surface area contributed by atoms with Crippen molar-refractivity contribution in [1.82, 2.24) is 29.5 Å². The summed E-state index contributed by atoms with van der Waals surface area (Å²) in [5, 5.41) is 11.8. The number of nitrogens with zero attached hydrogens (tertiary/aromatic N) is 6. The van der Waals surface area contributed by atoms with Gasteiger partial charge in [0.1, 0.15) is 5.69 Å². The van der Waals surface area contributed by atoms with E-state index in [1.165, 1.54) is 0 Å². The van der Waals surface area contributed by atoms with E-state index >= 15 is 0 Å². The average molecular weight is 498 g/mol. The average Bonchev–Trinajstić information content (AvgIpc) is 3.33. The Bertz CT molecular complexity index is 1350. The molecule has 1 fully saturated rings. The topological polar surface area (TPSA) is 114 Å². The third-order valence-corrected chi connectivity index (χ3v) is 5.54. The molecule has 0 aromatic carbocycles. The molecular formula is C24H21F3N6O3. The highest BCUT2D eigenvalue weighted by Crippen LogP contribution is 2.27. The summed E-state index contributed by atoms with van der Waals surface area (Å²) >= 11 is 0. The van der Waals surface area contributed by atoms with Crippen LogP contribution in [0.1, 0.15) is 35.1 Å². The fraction of sp³-hybridized carbons (Fsp3) is 0.250. The first-order valence-electron chi connectivity index (χ1n) is 11.0. The number of fused-ring (bicyclic) bond motifs is 1. The van der Waals surface area contributed by atoms with Gasteiger partial charge in [-0.3, -0.25) is 14.8 Å². The van der Waals surface area contributed by atoms with E-state index in [0.29, 0.717) is 12.2 Å². The van der Waals surface area contributed by atoms with Crippen LogP contribution >= 0.6 is 0 Å². The normalized spacial score (nSPS) is 15.8. The molecule has 4 aromatic rings. The maximum atomic E-state index is 12.8. The molecule has 4 aromatic heterocycles. The fourth-order valence-corrected chi connectivity index (χ4v) is 3.80. The summed E-state index contributed by atoms with van der Waals surface area (Å²) in [6, 6.07) is 13.4. The van der Waals surface area contributed by atoms with Crippen molar-refractivity contribution in [3.05, 3.63) is 78.8 Å². The number of pyridine rings is 3. The van der Waals surface area contributed by atoms with Crippen molar-refractivity contribution in [1.29, 1.82) is 0 Å². The first-order valence-corrected chi connectivity index (χ1v) is 11.0. The number of aliphatic carboxylic acids is 1. The van der Waals surface area contributed by atoms with E-state index in [2.05, 4.69) is 9.97 Å². The molecule has 1 atom stereocenters. The zero-order chi connectivity index (χ0) is 25.7. The Kier molecular flexibility index (Phi) is 7.23. The molecule has 5 heterocycles. The number of carbonyl (C=O) groups excluding carboxylic acids is 1. The number of halogens is 3. The summed E-state index contributed by atoms with van der Waals surface area (Å²) in [6.45, 7) is 1.35. The van der Waals surface area contributed by atoms with E-state index in [9.17, 15) is 18.0 Å². The van der Waals surface area contributed by atoms with Gasteiger partial charge in [0.15, 0.2) is 11.5 Å². The Balaban J connectivity index is 0.000000384. The standard InChI is InChI=1S/C22H20N6O.C2HF3O2/c29-22(19-7-1-2-11-24-19)27-12-4-6-18(14-27)21-25-20-9-8-17(15-28(20)26-21)16-5-3-10-23-13-16;3-2(4,5)1(6)7/h1-3,5,7-11,13,15,18H,4,6,12,14H2;(H,6,7). The molecule has 0 bridgehead atoms. The lowest BCUT2D eigenvalue weighted by Crippen LogP contribution is -2.39. The molecule has 1 aliphatic heterocycles. The number of aromatic nitrogens is 5. The number of carboxylic acid groups (broad SMARTS) is 1. The van der Waals surface area contributed by atoms with E-state index in [1.54, 1.807) is 18.5 Å². The van der Waals surface area contributed by atoms with Crippen molar-refractivity contribution in [2.75, 3.05) is 13.1 Å². The van der Waals surface area contributed by atoms with E-state index in [1.807, 2.05) is 58.2 Å². The second kappa shape index (κ2) is 10.5. The van der Waals surface area contributed by atoms with Crippen molar-refractivity contribution in [3.8, 4) is 11.1 Å². The Morgan fingerprint density at radius 3 is 2.50 bits per heavy atom. The van der Waals surface area contributed by atoms with Gasteiger partial charge >= 0.3 is 12.1 Å². The molecule has 12 heteroatoms. The van der Waals surface area contributed by atoms with Gasteiger partial charge in [0.25, 0.3) is 5.91 Å². The van der Waals surface area contributed by atoms with Gasteiger partial charge in [-0.25, -0.2) is 14.3 Å². The molecule has 9 nitrogen and oxygen atoms in total. The number of carboxylic acids is 1. The molecule has 36 heavy (non-hydrogen) atoms. The van der Waals surface area contributed by atoms with Gasteiger partial charge in [-0.1, -0.05) is 12.1 Å². The molecule has 1 aliphatic rings. The van der Waals surface area contributed by atoms with Gasteiger partial charge in [-0.05, 0) is 43.2 Å². The zero-order valence-corrected chi connectivity index (χ0v) is 18.8. The molecule has 1 saturated heterocycles. The van der Waals surface area contributed by atoms with Crippen LogP contribution in [-0.2, 0) is 4.79 Å². The third kappa shape index (κ3) is 5.82. The number of carbonyl (C=O) groups is 2. The van der Waals surface area contributed by atoms with Crippen LogP contribution in [0.15, 0.2) is 67.3 Å². The molecule has 186 valence electrons. The highest BCUT2D eigenvalue weighted by atomic mass is 19.4. The number of rotatable bonds is 3. The summed E-state index contributed by atoms with van der Waals surface area (Å²) in [6.07, 6.45) is 4.04. The minimum absolute atomic E-state index is 0.0297. The second-order valence-electron chi connectivity index (χ2n) is 8.04. The maximum Gasteiger partial charge on any atom is 0.490 e. The summed E-state index contributed by atoms with van der Waals surface area (Å²) in [7, 11) is 0. The van der Waals surface area contributed by atoms with Crippen molar-refractivity contribution in [3.63, 3.8) is 0 Å². The Labute approximate surface area is 203 Å². The maximum absolute atomic E-state index is 12.8. The predicted octanol–water partition coefficient (Wildman–Crippen LogP) is 3.84. The molecule has 1 amide bonds. The summed E-state index contributed by atoms with van der Waals surface area (Å²) in [5.74, 6) is -1.88. The predicted molar refractivity (Wildman–Crippen MR) is 122 cm³/mol. The van der Waals surface area contributed by atoms with Crippen LogP contribution < -0.4 is 0 Å². The number of amides is 1. The number of hydrogen-bond donors (Lipinski definition) is 1. The van der Waals surface area contributed by atoms with Gasteiger partial charge in [-0.2, -0.15) is 18.3 Å². The molecule has 0 radical (unpaired) electrons. The van der Waals surface area contributed by atoms with E-state index in [-0.39, 0.29) is 11.8 Å². The van der Waals surface area contributed by atoms with Crippen molar-refractivity contribution >= 4 is 17.5 Å². The number of alkyl halides is 3. The summed E-state index contributed by atoms with van der Waals surface area (Å²) in [4.78, 5) is 36.6. The number of likely N-dealkylation sites (tertiary alicyclic amines) is 1. The van der Waals surface area contributed by atoms with Gasteiger partial charge < -0.3 is 10.0 Å². The quantitative estimate of drug-likeness (QED) is 0.457. The Morgan fingerprint density at radius 1 is 1.03 bits per heavy atom. The van der Waals surface area contributed by atoms with Crippen LogP contribution in [0, 0.1) is 0 Å². The first-order chi connectivity index (χ1) is 17.2. The lowest BCUT2D eigenvalue weighted by Gasteiger charge is -2.31. The third-order valence-electron chi connectivity index (χ3n) is 5.54. The SMILES string of the molecule is O=C(O)C(F)(F)F.O=C(c1ccccn1)N1CCCC(c2nc3ccc(-c4cccnc4)cn3n2)C1. The van der Waals surface area contributed by atoms with Gasteiger partial charge in [0.05, 0.1) is 0 Å². The van der Waals surface area contributed by atoms with Gasteiger partial charge in [0.2, 0.25) is 0 Å². The van der Waals surface area contributed by atoms with Gasteiger partial charge in [-0.15, -0.1) is 0 Å². The Morgan fingerprint density at radius 2 is 1.83 bits per heavy atom. The highest BCUT2D eigenvalue weighted by Gasteiger charge is 2.38. The van der Waals surface area contributed by atoms with Crippen LogP contribution in [0.3, 0.4) is 0 Å². The van der Waals surface area contributed by atoms with Crippen LogP contribution in [-0.4, -0.2) is 65.7 Å². The van der Waals surface area contributed by atoms with Crippen LogP contribution in [0.2, 0.25) is 0 Å². The number of piperidine rings is 1. The first kappa shape index (κ1) is 24.8. The van der Waals surface area contributed by atoms with Crippen molar-refractivity contribution in [2.45, 2.75) is 24.9 Å². The number of hydrogen-bond acceptors (Lipinski definition) is 6. The van der Waals surface area contributed by atoms with E-state index in [0.717, 1.165) is 42.0 Å². The van der Waals surface area contributed by atoms with Crippen molar-refractivity contribution < 1.29 is 27.9 Å². The summed E-state index contributed by atoms with van der Waals surface area (Å²) in [5.41, 5.74) is 3.37. The largest absolute Gasteiger partial charge is 0.490 e. The lowest BCUT2D eigenvalue weighted by atomic mass is 9.97. The molecule has 0 saturated carbocycles. The molecule has 0 aliphatic carbocycles. The molecule has 1 N–H and O–H groups in total. The smallest absolute Gasteiger partial charge is 0.475 e. The van der Waals surface area contributed by atoms with Crippen LogP contribution in [0.4, 0.5) is 13.2 Å². The monoisotopic (exact) mass is 498 g/mol. The molecule has 5 rings (SSSR count). The van der Waals surface area contributed by atoms with E-state index in [4.69, 9.17) is 20.0 Å². The van der Waals surface area contributed by atoms with Crippen LogP contribution in [0.5, 0.6) is 0 Å². The minimum Gasteiger partial charge on any atom is -0.475 e. The highest BCUT2D eigenvalue weighted by molar-refractivity contribution is 5.92. The minimum atomic E-state index is -5.08. The second-order valence-corrected chi connectivity index (χ2v) is 8.04. The zero-order valence-electron chi connectivity index (χ0n) is 18.8. The molecule has 0 spiro atoms. The Hall–Kier alpha value is -4.35. The van der Waals surface area contributed by atoms with E-state index < -0.39 is 12.1 Å². The van der Waals surface area contributed by atoms with Crippen LogP contribution in [0.25, 0.3) is 16.8 Å².